The smallest absolute Gasteiger partial charge is 0.339 e. The van der Waals surface area contributed by atoms with Crippen molar-refractivity contribution in [3.63, 3.8) is 0 Å². The lowest BCUT2D eigenvalue weighted by Crippen LogP contribution is -2.25. The van der Waals surface area contributed by atoms with Crippen LogP contribution in [0.5, 0.6) is 0 Å². The Labute approximate surface area is 108 Å². The van der Waals surface area contributed by atoms with Gasteiger partial charge in [-0.25, -0.2) is 4.79 Å². The van der Waals surface area contributed by atoms with Crippen molar-refractivity contribution in [3.05, 3.63) is 23.2 Å². The topological polar surface area (TPSA) is 62.5 Å². The number of aryl methyl sites for hydroxylation is 1. The fraction of sp³-hybridized carbons (Fsp3) is 0.643. The van der Waals surface area contributed by atoms with Gasteiger partial charge in [-0.3, -0.25) is 0 Å². The van der Waals surface area contributed by atoms with Crippen LogP contribution in [0.15, 0.2) is 10.5 Å². The Morgan fingerprint density at radius 3 is 2.78 bits per heavy atom. The minimum Gasteiger partial charge on any atom is -0.478 e. The molecule has 0 spiro atoms. The fourth-order valence-corrected chi connectivity index (χ4v) is 1.92. The second-order valence-corrected chi connectivity index (χ2v) is 4.77. The quantitative estimate of drug-likeness (QED) is 0.697. The molecule has 0 amide bonds. The average Bonchev–Trinajstić information content (AvgIpc) is 2.68. The molecule has 0 saturated carbocycles. The van der Waals surface area contributed by atoms with Crippen LogP contribution in [0.1, 0.15) is 61.4 Å². The molecule has 0 bridgehead atoms. The van der Waals surface area contributed by atoms with E-state index < -0.39 is 5.97 Å². The maximum atomic E-state index is 10.9. The Morgan fingerprint density at radius 2 is 2.22 bits per heavy atom. The molecule has 0 aliphatic carbocycles. The number of nitrogens with one attached hydrogen (secondary N) is 1. The summed E-state index contributed by atoms with van der Waals surface area (Å²) in [6.45, 7) is 6.60. The van der Waals surface area contributed by atoms with E-state index in [2.05, 4.69) is 19.2 Å². The number of furan rings is 1. The van der Waals surface area contributed by atoms with Crippen LogP contribution in [0, 0.1) is 6.92 Å². The predicted molar refractivity (Wildman–Crippen MR) is 70.8 cm³/mol. The van der Waals surface area contributed by atoms with Crippen LogP contribution in [0.4, 0.5) is 0 Å². The molecule has 1 unspecified atom stereocenters. The number of carbonyl (C=O) groups is 1. The molecule has 102 valence electrons. The van der Waals surface area contributed by atoms with Crippen molar-refractivity contribution in [1.29, 1.82) is 0 Å². The summed E-state index contributed by atoms with van der Waals surface area (Å²) in [5, 5.41) is 12.3. The fourth-order valence-electron chi connectivity index (χ4n) is 1.92. The van der Waals surface area contributed by atoms with Gasteiger partial charge in [-0.05, 0) is 26.3 Å². The van der Waals surface area contributed by atoms with Gasteiger partial charge in [0.05, 0.1) is 6.54 Å². The van der Waals surface area contributed by atoms with E-state index in [1.54, 1.807) is 13.0 Å². The second kappa shape index (κ2) is 7.21. The molecular weight excluding hydrogens is 230 g/mol. The van der Waals surface area contributed by atoms with Gasteiger partial charge in [0, 0.05) is 6.04 Å². The van der Waals surface area contributed by atoms with Gasteiger partial charge in [-0.1, -0.05) is 26.2 Å². The highest BCUT2D eigenvalue weighted by Crippen LogP contribution is 2.14. The van der Waals surface area contributed by atoms with E-state index in [0.717, 1.165) is 6.42 Å². The number of aromatic carboxylic acids is 1. The molecule has 1 aromatic heterocycles. The van der Waals surface area contributed by atoms with Gasteiger partial charge in [-0.15, -0.1) is 0 Å². The van der Waals surface area contributed by atoms with Crippen molar-refractivity contribution in [1.82, 2.24) is 5.32 Å². The number of rotatable bonds is 8. The zero-order valence-corrected chi connectivity index (χ0v) is 11.5. The molecule has 18 heavy (non-hydrogen) atoms. The summed E-state index contributed by atoms with van der Waals surface area (Å²) in [4.78, 5) is 10.9. The lowest BCUT2D eigenvalue weighted by Gasteiger charge is -2.12. The predicted octanol–water partition coefficient (Wildman–Crippen LogP) is 3.34. The maximum Gasteiger partial charge on any atom is 0.339 e. The molecule has 0 saturated heterocycles. The van der Waals surface area contributed by atoms with E-state index in [1.807, 2.05) is 0 Å². The molecule has 2 N–H and O–H groups in total. The molecule has 1 rings (SSSR count). The SMILES string of the molecule is CCCCCC(C)NCc1cc(C(=O)O)c(C)o1. The third-order valence-corrected chi connectivity index (χ3v) is 3.06. The summed E-state index contributed by atoms with van der Waals surface area (Å²) < 4.78 is 5.41. The standard InChI is InChI=1S/C14H23NO3/c1-4-5-6-7-10(2)15-9-12-8-13(14(16)17)11(3)18-12/h8,10,15H,4-7,9H2,1-3H3,(H,16,17). The molecule has 4 nitrogen and oxygen atoms in total. The van der Waals surface area contributed by atoms with Crippen molar-refractivity contribution in [2.75, 3.05) is 0 Å². The summed E-state index contributed by atoms with van der Waals surface area (Å²) in [6.07, 6.45) is 4.85. The van der Waals surface area contributed by atoms with E-state index in [0.29, 0.717) is 24.1 Å². The summed E-state index contributed by atoms with van der Waals surface area (Å²) in [7, 11) is 0. The zero-order valence-electron chi connectivity index (χ0n) is 11.5. The number of carboxylic acid groups (broad SMARTS) is 1. The first-order valence-corrected chi connectivity index (χ1v) is 6.60. The molecule has 0 fully saturated rings. The monoisotopic (exact) mass is 253 g/mol. The average molecular weight is 253 g/mol. The number of unbranched alkanes of at least 4 members (excludes halogenated alkanes) is 2. The molecule has 0 aliphatic heterocycles. The van der Waals surface area contributed by atoms with Gasteiger partial charge >= 0.3 is 5.97 Å². The summed E-state index contributed by atoms with van der Waals surface area (Å²) in [5.74, 6) is 0.226. The normalized spacial score (nSPS) is 12.6. The highest BCUT2D eigenvalue weighted by molar-refractivity contribution is 5.88. The van der Waals surface area contributed by atoms with Gasteiger partial charge in [-0.2, -0.15) is 0 Å². The zero-order chi connectivity index (χ0) is 13.5. The van der Waals surface area contributed by atoms with Crippen LogP contribution >= 0.6 is 0 Å². The molecule has 1 heterocycles. The van der Waals surface area contributed by atoms with Crippen LogP contribution in [0.25, 0.3) is 0 Å². The lowest BCUT2D eigenvalue weighted by atomic mass is 10.1. The minimum atomic E-state index is -0.932. The third kappa shape index (κ3) is 4.53. The van der Waals surface area contributed by atoms with E-state index >= 15 is 0 Å². The van der Waals surface area contributed by atoms with Crippen molar-refractivity contribution in [3.8, 4) is 0 Å². The van der Waals surface area contributed by atoms with E-state index in [1.165, 1.54) is 19.3 Å². The Balaban J connectivity index is 2.39. The van der Waals surface area contributed by atoms with Gasteiger partial charge in [0.15, 0.2) is 0 Å². The first-order chi connectivity index (χ1) is 8.54. The first kappa shape index (κ1) is 14.8. The summed E-state index contributed by atoms with van der Waals surface area (Å²) in [5.41, 5.74) is 0.255. The Hall–Kier alpha value is -1.29. The lowest BCUT2D eigenvalue weighted by molar-refractivity contribution is 0.0695. The summed E-state index contributed by atoms with van der Waals surface area (Å²) in [6, 6.07) is 2.03. The highest BCUT2D eigenvalue weighted by atomic mass is 16.4. The van der Waals surface area contributed by atoms with Crippen LogP contribution in [0.3, 0.4) is 0 Å². The Bertz CT molecular complexity index is 384. The highest BCUT2D eigenvalue weighted by Gasteiger charge is 2.13. The van der Waals surface area contributed by atoms with Gasteiger partial charge in [0.25, 0.3) is 0 Å². The van der Waals surface area contributed by atoms with Gasteiger partial charge < -0.3 is 14.8 Å². The van der Waals surface area contributed by atoms with Crippen molar-refractivity contribution in [2.24, 2.45) is 0 Å². The Kier molecular flexibility index (Phi) is 5.92. The van der Waals surface area contributed by atoms with Crippen LogP contribution in [-0.4, -0.2) is 17.1 Å². The number of hydrogen-bond donors (Lipinski definition) is 2. The maximum absolute atomic E-state index is 10.9. The molecule has 1 atom stereocenters. The third-order valence-electron chi connectivity index (χ3n) is 3.06. The van der Waals surface area contributed by atoms with E-state index in [4.69, 9.17) is 9.52 Å². The largest absolute Gasteiger partial charge is 0.478 e. The molecule has 0 aromatic carbocycles. The van der Waals surface area contributed by atoms with Crippen molar-refractivity contribution >= 4 is 5.97 Å². The van der Waals surface area contributed by atoms with E-state index in [9.17, 15) is 4.79 Å². The second-order valence-electron chi connectivity index (χ2n) is 4.77. The Morgan fingerprint density at radius 1 is 1.50 bits per heavy atom. The summed E-state index contributed by atoms with van der Waals surface area (Å²) >= 11 is 0. The van der Waals surface area contributed by atoms with Crippen LogP contribution < -0.4 is 5.32 Å². The van der Waals surface area contributed by atoms with Crippen LogP contribution in [-0.2, 0) is 6.54 Å². The molecule has 1 aromatic rings. The van der Waals surface area contributed by atoms with Gasteiger partial charge in [0.1, 0.15) is 17.1 Å². The van der Waals surface area contributed by atoms with Crippen molar-refractivity contribution in [2.45, 2.75) is 59.0 Å². The number of hydrogen-bond acceptors (Lipinski definition) is 3. The first-order valence-electron chi connectivity index (χ1n) is 6.60. The van der Waals surface area contributed by atoms with Crippen molar-refractivity contribution < 1.29 is 14.3 Å². The molecule has 0 aliphatic rings. The molecule has 0 radical (unpaired) electrons. The van der Waals surface area contributed by atoms with Crippen LogP contribution in [0.2, 0.25) is 0 Å². The minimum absolute atomic E-state index is 0.255. The van der Waals surface area contributed by atoms with Gasteiger partial charge in [0.2, 0.25) is 0 Å². The number of carboxylic acids is 1. The molecular formula is C14H23NO3. The molecule has 4 heteroatoms. The van der Waals surface area contributed by atoms with E-state index in [-0.39, 0.29) is 5.56 Å².